The molecule has 0 radical (unpaired) electrons. The van der Waals surface area contributed by atoms with Crippen LogP contribution in [0, 0.1) is 0 Å². The van der Waals surface area contributed by atoms with Crippen LogP contribution in [0.5, 0.6) is 11.5 Å². The summed E-state index contributed by atoms with van der Waals surface area (Å²) < 4.78 is 11.0. The van der Waals surface area contributed by atoms with Crippen molar-refractivity contribution in [2.45, 2.75) is 13.0 Å². The maximum absolute atomic E-state index is 10.9. The molecule has 0 saturated heterocycles. The van der Waals surface area contributed by atoms with Crippen LogP contribution in [0.15, 0.2) is 48.5 Å². The molecule has 2 aromatic carbocycles. The smallest absolute Gasteiger partial charge is 0.221 e. The van der Waals surface area contributed by atoms with Crippen molar-refractivity contribution in [1.82, 2.24) is 0 Å². The lowest BCUT2D eigenvalue weighted by molar-refractivity contribution is -0.117. The van der Waals surface area contributed by atoms with Gasteiger partial charge in [0.25, 0.3) is 0 Å². The molecule has 0 fully saturated rings. The van der Waals surface area contributed by atoms with E-state index in [0.29, 0.717) is 18.1 Å². The van der Waals surface area contributed by atoms with Gasteiger partial charge in [0.2, 0.25) is 5.91 Å². The van der Waals surface area contributed by atoms with Gasteiger partial charge in [0.1, 0.15) is 6.61 Å². The summed E-state index contributed by atoms with van der Waals surface area (Å²) >= 11 is 0. The zero-order valence-corrected chi connectivity index (χ0v) is 11.3. The predicted octanol–water partition coefficient (Wildman–Crippen LogP) is 2.30. The Bertz CT molecular complexity index is 582. The Kier molecular flexibility index (Phi) is 4.60. The Morgan fingerprint density at radius 3 is 2.45 bits per heavy atom. The number of carbonyl (C=O) groups is 1. The zero-order chi connectivity index (χ0) is 14.4. The van der Waals surface area contributed by atoms with Crippen molar-refractivity contribution in [1.29, 1.82) is 0 Å². The van der Waals surface area contributed by atoms with E-state index in [-0.39, 0.29) is 12.3 Å². The van der Waals surface area contributed by atoms with E-state index in [1.54, 1.807) is 19.2 Å². The van der Waals surface area contributed by atoms with E-state index in [2.05, 4.69) is 0 Å². The number of amides is 1. The molecule has 2 N–H and O–H groups in total. The number of methoxy groups -OCH3 is 1. The molecule has 0 aromatic heterocycles. The average molecular weight is 272 g/mol. The molecule has 4 heteroatoms. The van der Waals surface area contributed by atoms with Gasteiger partial charge in [-0.25, -0.2) is 0 Å². The van der Waals surface area contributed by atoms with E-state index in [4.69, 9.17) is 15.2 Å². The second-order valence-corrected chi connectivity index (χ2v) is 4.40. The van der Waals surface area contributed by atoms with Crippen LogP contribution in [0.4, 0.5) is 0 Å². The highest BCUT2D eigenvalue weighted by Crippen LogP contribution is 2.29. The summed E-state index contributed by atoms with van der Waals surface area (Å²) in [6.45, 7) is 0.465. The number of benzene rings is 2. The highest BCUT2D eigenvalue weighted by atomic mass is 16.5. The van der Waals surface area contributed by atoms with E-state index >= 15 is 0 Å². The minimum absolute atomic E-state index is 0.190. The van der Waals surface area contributed by atoms with E-state index < -0.39 is 0 Å². The Hall–Kier alpha value is -2.49. The molecule has 104 valence electrons. The standard InChI is InChI=1S/C16H17NO3/c1-19-15-9-13(10-16(17)18)7-8-14(15)20-11-12-5-3-2-4-6-12/h2-9H,10-11H2,1H3,(H2,17,18)/i17+1. The Labute approximate surface area is 118 Å². The van der Waals surface area contributed by atoms with Gasteiger partial charge in [0.05, 0.1) is 13.5 Å². The maximum Gasteiger partial charge on any atom is 0.221 e. The molecule has 0 aliphatic carbocycles. The molecule has 0 unspecified atom stereocenters. The van der Waals surface area contributed by atoms with E-state index in [1.807, 2.05) is 36.4 Å². The van der Waals surface area contributed by atoms with E-state index in [0.717, 1.165) is 11.1 Å². The van der Waals surface area contributed by atoms with Crippen LogP contribution >= 0.6 is 0 Å². The molecule has 2 aromatic rings. The average Bonchev–Trinajstić information content (AvgIpc) is 2.46. The molecular formula is C16H17NO3. The second kappa shape index (κ2) is 6.61. The maximum atomic E-state index is 10.9. The lowest BCUT2D eigenvalue weighted by Crippen LogP contribution is -2.13. The first-order chi connectivity index (χ1) is 9.69. The summed E-state index contributed by atoms with van der Waals surface area (Å²) in [6, 6.07) is 15.3. The van der Waals surface area contributed by atoms with Crippen molar-refractivity contribution in [3.63, 3.8) is 0 Å². The molecule has 0 atom stereocenters. The molecular weight excluding hydrogens is 255 g/mol. The Balaban J connectivity index is 2.09. The van der Waals surface area contributed by atoms with Gasteiger partial charge in [-0.2, -0.15) is 0 Å². The summed E-state index contributed by atoms with van der Waals surface area (Å²) in [7, 11) is 1.57. The molecule has 0 aliphatic rings. The third-order valence-corrected chi connectivity index (χ3v) is 2.84. The van der Waals surface area contributed by atoms with Crippen LogP contribution in [-0.2, 0) is 17.8 Å². The van der Waals surface area contributed by atoms with Crippen molar-refractivity contribution >= 4 is 5.91 Å². The first-order valence-corrected chi connectivity index (χ1v) is 6.31. The molecule has 0 bridgehead atoms. The van der Waals surface area contributed by atoms with Gasteiger partial charge in [-0.3, -0.25) is 4.79 Å². The van der Waals surface area contributed by atoms with Gasteiger partial charge in [-0.1, -0.05) is 36.4 Å². The zero-order valence-electron chi connectivity index (χ0n) is 11.3. The molecule has 1 amide bonds. The van der Waals surface area contributed by atoms with Gasteiger partial charge >= 0.3 is 0 Å². The van der Waals surface area contributed by atoms with Crippen molar-refractivity contribution in [2.24, 2.45) is 5.73 Å². The SMILES string of the molecule is COc1cc(CC([15NH2])=O)ccc1OCc1ccccc1. The van der Waals surface area contributed by atoms with Crippen LogP contribution in [0.1, 0.15) is 11.1 Å². The number of ether oxygens (including phenoxy) is 2. The Morgan fingerprint density at radius 2 is 1.80 bits per heavy atom. The van der Waals surface area contributed by atoms with E-state index in [9.17, 15) is 4.79 Å². The minimum atomic E-state index is -0.370. The van der Waals surface area contributed by atoms with Gasteiger partial charge in [-0.05, 0) is 23.3 Å². The van der Waals surface area contributed by atoms with Crippen molar-refractivity contribution in [3.05, 3.63) is 59.7 Å². The van der Waals surface area contributed by atoms with Crippen molar-refractivity contribution in [2.75, 3.05) is 7.11 Å². The number of hydrogen-bond acceptors (Lipinski definition) is 3. The van der Waals surface area contributed by atoms with Crippen molar-refractivity contribution in [3.8, 4) is 11.5 Å². The fourth-order valence-corrected chi connectivity index (χ4v) is 1.88. The van der Waals surface area contributed by atoms with Crippen LogP contribution in [0.25, 0.3) is 0 Å². The third kappa shape index (κ3) is 3.75. The molecule has 4 nitrogen and oxygen atoms in total. The Morgan fingerprint density at radius 1 is 1.05 bits per heavy atom. The van der Waals surface area contributed by atoms with Gasteiger partial charge in [-0.15, -0.1) is 0 Å². The lowest BCUT2D eigenvalue weighted by Gasteiger charge is -2.12. The topological polar surface area (TPSA) is 61.5 Å². The summed E-state index contributed by atoms with van der Waals surface area (Å²) in [4.78, 5) is 10.9. The molecule has 20 heavy (non-hydrogen) atoms. The number of primary amides is 1. The normalized spacial score (nSPS) is 10.1. The van der Waals surface area contributed by atoms with Gasteiger partial charge in [0.15, 0.2) is 11.5 Å². The predicted molar refractivity (Wildman–Crippen MR) is 76.7 cm³/mol. The number of hydrogen-bond donors (Lipinski definition) is 1. The van der Waals surface area contributed by atoms with Gasteiger partial charge < -0.3 is 15.2 Å². The van der Waals surface area contributed by atoms with Crippen molar-refractivity contribution < 1.29 is 14.3 Å². The number of nitrogens with two attached hydrogens (primary N) is 1. The molecule has 0 spiro atoms. The first kappa shape index (κ1) is 13.9. The second-order valence-electron chi connectivity index (χ2n) is 4.40. The summed E-state index contributed by atoms with van der Waals surface area (Å²) in [5.74, 6) is 0.870. The van der Waals surface area contributed by atoms with E-state index in [1.165, 1.54) is 0 Å². The molecule has 2 rings (SSSR count). The fraction of sp³-hybridized carbons (Fsp3) is 0.188. The third-order valence-electron chi connectivity index (χ3n) is 2.84. The first-order valence-electron chi connectivity index (χ1n) is 6.31. The van der Waals surface area contributed by atoms with Crippen LogP contribution in [-0.4, -0.2) is 13.0 Å². The van der Waals surface area contributed by atoms with Gasteiger partial charge in [0, 0.05) is 0 Å². The molecule has 0 saturated carbocycles. The summed E-state index contributed by atoms with van der Waals surface area (Å²) in [6.07, 6.45) is 0.190. The fourth-order valence-electron chi connectivity index (χ4n) is 1.88. The van der Waals surface area contributed by atoms with Crippen LogP contribution in [0.2, 0.25) is 0 Å². The largest absolute Gasteiger partial charge is 0.493 e. The summed E-state index contributed by atoms with van der Waals surface area (Å²) in [5.41, 5.74) is 7.06. The highest BCUT2D eigenvalue weighted by molar-refractivity contribution is 5.76. The number of carbonyl (C=O) groups excluding carboxylic acids is 1. The quantitative estimate of drug-likeness (QED) is 0.821. The van der Waals surface area contributed by atoms with Crippen LogP contribution in [0.3, 0.4) is 0 Å². The monoisotopic (exact) mass is 272 g/mol. The lowest BCUT2D eigenvalue weighted by atomic mass is 10.1. The molecule has 0 aliphatic heterocycles. The van der Waals surface area contributed by atoms with Crippen LogP contribution < -0.4 is 15.2 Å². The summed E-state index contributed by atoms with van der Waals surface area (Å²) in [5, 5.41) is 0. The number of rotatable bonds is 6. The molecule has 0 heterocycles. The minimum Gasteiger partial charge on any atom is -0.493 e. The highest BCUT2D eigenvalue weighted by Gasteiger charge is 2.07.